The molecular formula is C23H27FN2O3. The van der Waals surface area contributed by atoms with Gasteiger partial charge in [-0.2, -0.15) is 0 Å². The van der Waals surface area contributed by atoms with Gasteiger partial charge in [0, 0.05) is 37.8 Å². The van der Waals surface area contributed by atoms with E-state index in [1.807, 2.05) is 18.2 Å². The number of aliphatic hydroxyl groups is 1. The van der Waals surface area contributed by atoms with Crippen molar-refractivity contribution in [1.29, 1.82) is 0 Å². The first-order chi connectivity index (χ1) is 14.0. The zero-order chi connectivity index (χ0) is 20.3. The summed E-state index contributed by atoms with van der Waals surface area (Å²) in [5, 5.41) is 13.8. The maximum absolute atomic E-state index is 13.1. The van der Waals surface area contributed by atoms with Crippen molar-refractivity contribution in [3.63, 3.8) is 0 Å². The minimum atomic E-state index is -0.867. The zero-order valence-electron chi connectivity index (χ0n) is 16.5. The largest absolute Gasteiger partial charge is 0.493 e. The van der Waals surface area contributed by atoms with Gasteiger partial charge in [-0.25, -0.2) is 4.39 Å². The van der Waals surface area contributed by atoms with E-state index in [9.17, 15) is 14.3 Å². The predicted octanol–water partition coefficient (Wildman–Crippen LogP) is 3.46. The van der Waals surface area contributed by atoms with Crippen molar-refractivity contribution < 1.29 is 19.0 Å². The lowest BCUT2D eigenvalue weighted by Gasteiger charge is -2.38. The molecule has 0 bridgehead atoms. The summed E-state index contributed by atoms with van der Waals surface area (Å²) in [6.07, 6.45) is 3.49. The number of fused-ring (bicyclic) bond motifs is 1. The molecule has 6 heteroatoms. The topological polar surface area (TPSA) is 61.8 Å². The van der Waals surface area contributed by atoms with E-state index in [-0.39, 0.29) is 11.7 Å². The molecule has 1 fully saturated rings. The molecule has 2 heterocycles. The smallest absolute Gasteiger partial charge is 0.224 e. The number of benzene rings is 2. The SMILES string of the molecule is O=C1CCc2ccc(OCCCN3CCC(O)(c4ccc(F)cc4)CC3)cc2N1. The Kier molecular flexibility index (Phi) is 5.83. The molecule has 2 N–H and O–H groups in total. The molecule has 5 nitrogen and oxygen atoms in total. The Balaban J connectivity index is 1.21. The molecule has 0 atom stereocenters. The van der Waals surface area contributed by atoms with Crippen LogP contribution in [0.4, 0.5) is 10.1 Å². The number of aryl methyl sites for hydroxylation is 1. The summed E-state index contributed by atoms with van der Waals surface area (Å²) in [5.74, 6) is 0.548. The number of hydrogen-bond donors (Lipinski definition) is 2. The van der Waals surface area contributed by atoms with E-state index in [1.54, 1.807) is 12.1 Å². The number of carbonyl (C=O) groups excluding carboxylic acids is 1. The van der Waals surface area contributed by atoms with Gasteiger partial charge in [-0.1, -0.05) is 18.2 Å². The second kappa shape index (κ2) is 8.51. The number of ether oxygens (including phenoxy) is 1. The third-order valence-electron chi connectivity index (χ3n) is 5.93. The number of anilines is 1. The average Bonchev–Trinajstić information content (AvgIpc) is 2.72. The van der Waals surface area contributed by atoms with Gasteiger partial charge in [-0.15, -0.1) is 0 Å². The molecule has 2 aromatic carbocycles. The molecule has 154 valence electrons. The summed E-state index contributed by atoms with van der Waals surface area (Å²) < 4.78 is 19.0. The first-order valence-corrected chi connectivity index (χ1v) is 10.3. The van der Waals surface area contributed by atoms with E-state index in [2.05, 4.69) is 10.2 Å². The molecule has 0 aliphatic carbocycles. The van der Waals surface area contributed by atoms with Crippen LogP contribution < -0.4 is 10.1 Å². The summed E-state index contributed by atoms with van der Waals surface area (Å²) in [5.41, 5.74) is 1.93. The average molecular weight is 398 g/mol. The van der Waals surface area contributed by atoms with E-state index < -0.39 is 5.60 Å². The number of nitrogens with zero attached hydrogens (tertiary/aromatic N) is 1. The van der Waals surface area contributed by atoms with E-state index >= 15 is 0 Å². The second-order valence-electron chi connectivity index (χ2n) is 7.95. The highest BCUT2D eigenvalue weighted by molar-refractivity contribution is 5.94. The molecule has 0 radical (unpaired) electrons. The molecule has 2 aromatic rings. The number of nitrogens with one attached hydrogen (secondary N) is 1. The van der Waals surface area contributed by atoms with Crippen molar-refractivity contribution in [2.24, 2.45) is 0 Å². The number of hydrogen-bond acceptors (Lipinski definition) is 4. The fourth-order valence-corrected chi connectivity index (χ4v) is 4.11. The highest BCUT2D eigenvalue weighted by atomic mass is 19.1. The maximum atomic E-state index is 13.1. The number of halogens is 1. The van der Waals surface area contributed by atoms with Gasteiger partial charge in [0.05, 0.1) is 12.2 Å². The van der Waals surface area contributed by atoms with Crippen molar-refractivity contribution in [1.82, 2.24) is 4.90 Å². The van der Waals surface area contributed by atoms with E-state index in [0.29, 0.717) is 25.9 Å². The van der Waals surface area contributed by atoms with Crippen molar-refractivity contribution in [3.05, 3.63) is 59.4 Å². The predicted molar refractivity (Wildman–Crippen MR) is 109 cm³/mol. The van der Waals surface area contributed by atoms with Crippen molar-refractivity contribution in [2.75, 3.05) is 31.6 Å². The van der Waals surface area contributed by atoms with Crippen LogP contribution in [0.5, 0.6) is 5.75 Å². The number of piperidine rings is 1. The monoisotopic (exact) mass is 398 g/mol. The van der Waals surface area contributed by atoms with Crippen molar-refractivity contribution in [3.8, 4) is 5.75 Å². The van der Waals surface area contributed by atoms with E-state index in [0.717, 1.165) is 55.0 Å². The molecule has 1 amide bonds. The van der Waals surface area contributed by atoms with E-state index in [1.165, 1.54) is 12.1 Å². The Hall–Kier alpha value is -2.44. The minimum Gasteiger partial charge on any atom is -0.493 e. The van der Waals surface area contributed by atoms with Crippen molar-refractivity contribution >= 4 is 11.6 Å². The Bertz CT molecular complexity index is 861. The van der Waals surface area contributed by atoms with Gasteiger partial charge in [-0.3, -0.25) is 4.79 Å². The van der Waals surface area contributed by atoms with Gasteiger partial charge < -0.3 is 20.1 Å². The summed E-state index contributed by atoms with van der Waals surface area (Å²) in [6.45, 7) is 3.12. The lowest BCUT2D eigenvalue weighted by Crippen LogP contribution is -2.43. The van der Waals surface area contributed by atoms with Crippen LogP contribution in [0, 0.1) is 5.82 Å². The second-order valence-corrected chi connectivity index (χ2v) is 7.95. The number of likely N-dealkylation sites (tertiary alicyclic amines) is 1. The lowest BCUT2D eigenvalue weighted by molar-refractivity contribution is -0.116. The highest BCUT2D eigenvalue weighted by Gasteiger charge is 2.33. The van der Waals surface area contributed by atoms with Gasteiger partial charge in [0.2, 0.25) is 5.91 Å². The molecular weight excluding hydrogens is 371 g/mol. The van der Waals surface area contributed by atoms with Crippen LogP contribution in [-0.2, 0) is 16.8 Å². The Morgan fingerprint density at radius 1 is 1.10 bits per heavy atom. The van der Waals surface area contributed by atoms with Crippen LogP contribution in [0.3, 0.4) is 0 Å². The Labute approximate surface area is 170 Å². The summed E-state index contributed by atoms with van der Waals surface area (Å²) in [4.78, 5) is 13.9. The first kappa shape index (κ1) is 19.9. The van der Waals surface area contributed by atoms with Gasteiger partial charge in [0.1, 0.15) is 11.6 Å². The third-order valence-corrected chi connectivity index (χ3v) is 5.93. The highest BCUT2D eigenvalue weighted by Crippen LogP contribution is 2.33. The quantitative estimate of drug-likeness (QED) is 0.732. The number of amides is 1. The molecule has 2 aliphatic rings. The van der Waals surface area contributed by atoms with E-state index in [4.69, 9.17) is 4.74 Å². The van der Waals surface area contributed by atoms with Gasteiger partial charge in [0.15, 0.2) is 0 Å². The normalized spacial score (nSPS) is 18.8. The van der Waals surface area contributed by atoms with Gasteiger partial charge in [-0.05, 0) is 55.0 Å². The molecule has 0 saturated carbocycles. The van der Waals surface area contributed by atoms with Crippen LogP contribution >= 0.6 is 0 Å². The molecule has 2 aliphatic heterocycles. The molecule has 0 aromatic heterocycles. The van der Waals surface area contributed by atoms with Gasteiger partial charge in [0.25, 0.3) is 0 Å². The zero-order valence-corrected chi connectivity index (χ0v) is 16.5. The van der Waals surface area contributed by atoms with Crippen LogP contribution in [-0.4, -0.2) is 42.2 Å². The standard InChI is InChI=1S/C23H27FN2O3/c24-19-6-4-18(5-7-19)23(28)10-13-26(14-11-23)12-1-15-29-20-8-2-17-3-9-22(27)25-21(17)16-20/h2,4-8,16,28H,1,3,9-15H2,(H,25,27). The summed E-state index contributed by atoms with van der Waals surface area (Å²) in [6, 6.07) is 12.0. The van der Waals surface area contributed by atoms with Crippen LogP contribution in [0.15, 0.2) is 42.5 Å². The Morgan fingerprint density at radius 3 is 2.62 bits per heavy atom. The first-order valence-electron chi connectivity index (χ1n) is 10.3. The maximum Gasteiger partial charge on any atom is 0.224 e. The fourth-order valence-electron chi connectivity index (χ4n) is 4.11. The molecule has 0 unspecified atom stereocenters. The van der Waals surface area contributed by atoms with Crippen LogP contribution in [0.1, 0.15) is 36.8 Å². The van der Waals surface area contributed by atoms with Crippen LogP contribution in [0.25, 0.3) is 0 Å². The third kappa shape index (κ3) is 4.77. The fraction of sp³-hybridized carbons (Fsp3) is 0.435. The minimum absolute atomic E-state index is 0.0559. The summed E-state index contributed by atoms with van der Waals surface area (Å²) >= 11 is 0. The molecule has 29 heavy (non-hydrogen) atoms. The van der Waals surface area contributed by atoms with Gasteiger partial charge >= 0.3 is 0 Å². The number of carbonyl (C=O) groups is 1. The van der Waals surface area contributed by atoms with Crippen molar-refractivity contribution in [2.45, 2.75) is 37.7 Å². The van der Waals surface area contributed by atoms with Crippen LogP contribution in [0.2, 0.25) is 0 Å². The molecule has 1 saturated heterocycles. The number of rotatable bonds is 6. The molecule has 4 rings (SSSR count). The molecule has 0 spiro atoms. The Morgan fingerprint density at radius 2 is 1.86 bits per heavy atom. The lowest BCUT2D eigenvalue weighted by atomic mass is 9.84. The summed E-state index contributed by atoms with van der Waals surface area (Å²) in [7, 11) is 0.